The van der Waals surface area contributed by atoms with Gasteiger partial charge in [0, 0.05) is 6.20 Å². The first-order valence-electron chi connectivity index (χ1n) is 5.01. The van der Waals surface area contributed by atoms with E-state index in [1.165, 1.54) is 11.0 Å². The maximum absolute atomic E-state index is 11.6. The van der Waals surface area contributed by atoms with Crippen LogP contribution in [0.25, 0.3) is 0 Å². The molecular formula is C10H12N6O. The first kappa shape index (κ1) is 11.1. The van der Waals surface area contributed by atoms with Gasteiger partial charge in [-0.3, -0.25) is 4.79 Å². The van der Waals surface area contributed by atoms with E-state index in [0.29, 0.717) is 5.82 Å². The normalized spacial score (nSPS) is 10.2. The molecule has 7 nitrogen and oxygen atoms in total. The zero-order chi connectivity index (χ0) is 12.3. The molecule has 2 aromatic rings. The second-order valence-electron chi connectivity index (χ2n) is 3.57. The summed E-state index contributed by atoms with van der Waals surface area (Å²) in [6.07, 6.45) is 3.08. The number of nitrogens with two attached hydrogens (primary N) is 1. The molecule has 88 valence electrons. The van der Waals surface area contributed by atoms with Crippen molar-refractivity contribution >= 4 is 17.7 Å². The van der Waals surface area contributed by atoms with E-state index in [1.54, 1.807) is 12.3 Å². The SMILES string of the molecule is Cc1ccc(NC(=O)Cn2cnc(N)n2)nc1. The number of hydrogen-bond donors (Lipinski definition) is 2. The fraction of sp³-hybridized carbons (Fsp3) is 0.200. The van der Waals surface area contributed by atoms with Crippen LogP contribution in [0, 0.1) is 6.92 Å². The highest BCUT2D eigenvalue weighted by Crippen LogP contribution is 2.03. The Labute approximate surface area is 97.7 Å². The van der Waals surface area contributed by atoms with E-state index in [1.807, 2.05) is 13.0 Å². The zero-order valence-corrected chi connectivity index (χ0v) is 9.29. The van der Waals surface area contributed by atoms with Crippen molar-refractivity contribution in [1.82, 2.24) is 19.7 Å². The summed E-state index contributed by atoms with van der Waals surface area (Å²) in [7, 11) is 0. The summed E-state index contributed by atoms with van der Waals surface area (Å²) in [6.45, 7) is 1.98. The van der Waals surface area contributed by atoms with Gasteiger partial charge >= 0.3 is 0 Å². The number of nitrogens with one attached hydrogen (secondary N) is 1. The van der Waals surface area contributed by atoms with Crippen LogP contribution >= 0.6 is 0 Å². The minimum atomic E-state index is -0.230. The molecule has 0 spiro atoms. The average Bonchev–Trinajstić information content (AvgIpc) is 2.67. The molecule has 17 heavy (non-hydrogen) atoms. The second kappa shape index (κ2) is 4.60. The molecule has 0 radical (unpaired) electrons. The van der Waals surface area contributed by atoms with Crippen molar-refractivity contribution in [3.8, 4) is 0 Å². The zero-order valence-electron chi connectivity index (χ0n) is 9.29. The molecule has 1 amide bonds. The molecule has 0 aromatic carbocycles. The number of aromatic nitrogens is 4. The van der Waals surface area contributed by atoms with E-state index in [-0.39, 0.29) is 18.4 Å². The number of amides is 1. The Hall–Kier alpha value is -2.44. The number of carbonyl (C=O) groups is 1. The lowest BCUT2D eigenvalue weighted by atomic mass is 10.3. The van der Waals surface area contributed by atoms with Gasteiger partial charge in [0.15, 0.2) is 0 Å². The van der Waals surface area contributed by atoms with E-state index in [0.717, 1.165) is 5.56 Å². The number of anilines is 2. The largest absolute Gasteiger partial charge is 0.367 e. The molecule has 0 saturated carbocycles. The molecule has 2 aromatic heterocycles. The summed E-state index contributed by atoms with van der Waals surface area (Å²) in [5.74, 6) is 0.422. The number of aryl methyl sites for hydroxylation is 1. The molecule has 0 saturated heterocycles. The Morgan fingerprint density at radius 2 is 2.29 bits per heavy atom. The Morgan fingerprint density at radius 3 is 2.88 bits per heavy atom. The van der Waals surface area contributed by atoms with Crippen LogP contribution in [0.3, 0.4) is 0 Å². The van der Waals surface area contributed by atoms with Gasteiger partial charge in [-0.1, -0.05) is 6.07 Å². The summed E-state index contributed by atoms with van der Waals surface area (Å²) >= 11 is 0. The number of nitrogen functional groups attached to an aromatic ring is 1. The van der Waals surface area contributed by atoms with Crippen molar-refractivity contribution in [3.05, 3.63) is 30.2 Å². The first-order valence-corrected chi connectivity index (χ1v) is 5.01. The lowest BCUT2D eigenvalue weighted by Gasteiger charge is -2.04. The molecule has 7 heteroatoms. The minimum absolute atomic E-state index is 0.0553. The van der Waals surface area contributed by atoms with E-state index in [4.69, 9.17) is 5.73 Å². The highest BCUT2D eigenvalue weighted by molar-refractivity contribution is 5.89. The highest BCUT2D eigenvalue weighted by Gasteiger charge is 2.05. The van der Waals surface area contributed by atoms with E-state index in [2.05, 4.69) is 20.4 Å². The predicted octanol–water partition coefficient (Wildman–Crippen LogP) is 0.202. The molecule has 0 fully saturated rings. The third-order valence-electron chi connectivity index (χ3n) is 2.04. The number of nitrogens with zero attached hydrogens (tertiary/aromatic N) is 4. The van der Waals surface area contributed by atoms with Gasteiger partial charge in [-0.05, 0) is 18.6 Å². The summed E-state index contributed by atoms with van der Waals surface area (Å²) in [6, 6.07) is 3.61. The molecule has 2 rings (SSSR count). The number of hydrogen-bond acceptors (Lipinski definition) is 5. The fourth-order valence-corrected chi connectivity index (χ4v) is 1.26. The van der Waals surface area contributed by atoms with Crippen molar-refractivity contribution < 1.29 is 4.79 Å². The maximum atomic E-state index is 11.6. The fourth-order valence-electron chi connectivity index (χ4n) is 1.26. The highest BCUT2D eigenvalue weighted by atomic mass is 16.2. The van der Waals surface area contributed by atoms with Crippen LogP contribution in [0.2, 0.25) is 0 Å². The molecule has 3 N–H and O–H groups in total. The Balaban J connectivity index is 1.95. The minimum Gasteiger partial charge on any atom is -0.367 e. The van der Waals surface area contributed by atoms with E-state index < -0.39 is 0 Å². The van der Waals surface area contributed by atoms with Crippen molar-refractivity contribution in [2.24, 2.45) is 0 Å². The van der Waals surface area contributed by atoms with Gasteiger partial charge in [0.25, 0.3) is 0 Å². The molecular weight excluding hydrogens is 220 g/mol. The van der Waals surface area contributed by atoms with Gasteiger partial charge < -0.3 is 11.1 Å². The number of rotatable bonds is 3. The van der Waals surface area contributed by atoms with Crippen LogP contribution < -0.4 is 11.1 Å². The monoisotopic (exact) mass is 232 g/mol. The van der Waals surface area contributed by atoms with Crippen LogP contribution in [0.5, 0.6) is 0 Å². The van der Waals surface area contributed by atoms with Gasteiger partial charge in [-0.25, -0.2) is 14.6 Å². The Bertz CT molecular complexity index is 518. The van der Waals surface area contributed by atoms with Gasteiger partial charge in [0.1, 0.15) is 18.7 Å². The van der Waals surface area contributed by atoms with Crippen molar-refractivity contribution in [1.29, 1.82) is 0 Å². The van der Waals surface area contributed by atoms with Gasteiger partial charge in [0.05, 0.1) is 0 Å². The molecule has 0 atom stereocenters. The second-order valence-corrected chi connectivity index (χ2v) is 3.57. The maximum Gasteiger partial charge on any atom is 0.247 e. The molecule has 2 heterocycles. The Morgan fingerprint density at radius 1 is 1.47 bits per heavy atom. The van der Waals surface area contributed by atoms with Crippen LogP contribution in [0.4, 0.5) is 11.8 Å². The summed E-state index contributed by atoms with van der Waals surface area (Å²) in [5.41, 5.74) is 6.37. The third kappa shape index (κ3) is 3.00. The lowest BCUT2D eigenvalue weighted by Crippen LogP contribution is -2.19. The van der Waals surface area contributed by atoms with Crippen LogP contribution in [0.15, 0.2) is 24.7 Å². The number of pyridine rings is 1. The van der Waals surface area contributed by atoms with Crippen molar-refractivity contribution in [2.45, 2.75) is 13.5 Å². The predicted molar refractivity (Wildman–Crippen MR) is 62.0 cm³/mol. The molecule has 0 bridgehead atoms. The van der Waals surface area contributed by atoms with Crippen LogP contribution in [0.1, 0.15) is 5.56 Å². The van der Waals surface area contributed by atoms with E-state index >= 15 is 0 Å². The standard InChI is InChI=1S/C10H12N6O/c1-7-2-3-8(12-4-7)14-9(17)5-16-6-13-10(11)15-16/h2-4,6H,5H2,1H3,(H2,11,15)(H,12,14,17). The van der Waals surface area contributed by atoms with Crippen LogP contribution in [-0.2, 0) is 11.3 Å². The first-order chi connectivity index (χ1) is 8.13. The quantitative estimate of drug-likeness (QED) is 0.787. The molecule has 0 aliphatic carbocycles. The topological polar surface area (TPSA) is 98.7 Å². The summed E-state index contributed by atoms with van der Waals surface area (Å²) in [4.78, 5) is 19.4. The van der Waals surface area contributed by atoms with E-state index in [9.17, 15) is 4.79 Å². The molecule has 0 aliphatic heterocycles. The van der Waals surface area contributed by atoms with Crippen molar-refractivity contribution in [3.63, 3.8) is 0 Å². The summed E-state index contributed by atoms with van der Waals surface area (Å²) in [5, 5.41) is 6.46. The van der Waals surface area contributed by atoms with Gasteiger partial charge in [-0.2, -0.15) is 0 Å². The lowest BCUT2D eigenvalue weighted by molar-refractivity contribution is -0.116. The average molecular weight is 232 g/mol. The number of carbonyl (C=O) groups excluding carboxylic acids is 1. The molecule has 0 unspecified atom stereocenters. The van der Waals surface area contributed by atoms with Crippen LogP contribution in [-0.4, -0.2) is 25.7 Å². The Kier molecular flexibility index (Phi) is 2.99. The van der Waals surface area contributed by atoms with Gasteiger partial charge in [0.2, 0.25) is 11.9 Å². The van der Waals surface area contributed by atoms with Crippen molar-refractivity contribution in [2.75, 3.05) is 11.1 Å². The smallest absolute Gasteiger partial charge is 0.247 e. The summed E-state index contributed by atoms with van der Waals surface area (Å²) < 4.78 is 1.36. The van der Waals surface area contributed by atoms with Gasteiger partial charge in [-0.15, -0.1) is 5.10 Å². The third-order valence-corrected chi connectivity index (χ3v) is 2.04. The molecule has 0 aliphatic rings.